The molecular formula is C16H22N2O. The van der Waals surface area contributed by atoms with E-state index in [1.807, 2.05) is 6.07 Å². The molecule has 0 spiro atoms. The van der Waals surface area contributed by atoms with Crippen LogP contribution in [0, 0.1) is 5.92 Å². The molecule has 2 N–H and O–H groups in total. The summed E-state index contributed by atoms with van der Waals surface area (Å²) in [6.07, 6.45) is 8.04. The van der Waals surface area contributed by atoms with E-state index < -0.39 is 0 Å². The molecule has 3 heteroatoms. The van der Waals surface area contributed by atoms with Gasteiger partial charge >= 0.3 is 0 Å². The quantitative estimate of drug-likeness (QED) is 0.870. The molecule has 1 amide bonds. The molecule has 102 valence electrons. The first-order valence-corrected chi connectivity index (χ1v) is 7.48. The van der Waals surface area contributed by atoms with Crippen LogP contribution < -0.4 is 10.6 Å². The molecule has 0 aromatic heterocycles. The molecular weight excluding hydrogens is 236 g/mol. The predicted molar refractivity (Wildman–Crippen MR) is 78.5 cm³/mol. The van der Waals surface area contributed by atoms with E-state index in [1.165, 1.54) is 43.4 Å². The number of fused-ring (bicyclic) bond motifs is 1. The lowest BCUT2D eigenvalue weighted by molar-refractivity contribution is -0.117. The molecule has 0 saturated heterocycles. The number of aryl methyl sites for hydroxylation is 1. The fraction of sp³-hybridized carbons (Fsp3) is 0.562. The minimum Gasteiger partial charge on any atom is -0.385 e. The summed E-state index contributed by atoms with van der Waals surface area (Å²) in [6.45, 7) is 1.03. The molecule has 1 fully saturated rings. The Labute approximate surface area is 114 Å². The maximum absolute atomic E-state index is 12.0. The predicted octanol–water partition coefficient (Wildman–Crippen LogP) is 3.56. The van der Waals surface area contributed by atoms with Gasteiger partial charge in [-0.1, -0.05) is 18.9 Å². The standard InChI is InChI=1S/C16H22N2O/c19-16(10-12-4-1-2-5-12)18-14-8-7-13-6-3-9-17-15(13)11-14/h7-8,11-12,17H,1-6,9-10H2,(H,18,19). The van der Waals surface area contributed by atoms with Gasteiger partial charge < -0.3 is 10.6 Å². The highest BCUT2D eigenvalue weighted by Gasteiger charge is 2.18. The van der Waals surface area contributed by atoms with Crippen molar-refractivity contribution in [1.82, 2.24) is 0 Å². The molecule has 19 heavy (non-hydrogen) atoms. The van der Waals surface area contributed by atoms with E-state index in [9.17, 15) is 4.79 Å². The third-order valence-electron chi connectivity index (χ3n) is 4.28. The van der Waals surface area contributed by atoms with Crippen LogP contribution in [0.25, 0.3) is 0 Å². The summed E-state index contributed by atoms with van der Waals surface area (Å²) >= 11 is 0. The van der Waals surface area contributed by atoms with Crippen molar-refractivity contribution in [1.29, 1.82) is 0 Å². The first-order chi connectivity index (χ1) is 9.31. The summed E-state index contributed by atoms with van der Waals surface area (Å²) < 4.78 is 0. The lowest BCUT2D eigenvalue weighted by atomic mass is 10.0. The second-order valence-electron chi connectivity index (χ2n) is 5.81. The van der Waals surface area contributed by atoms with Crippen molar-refractivity contribution in [3.63, 3.8) is 0 Å². The fourth-order valence-corrected chi connectivity index (χ4v) is 3.23. The van der Waals surface area contributed by atoms with Gasteiger partial charge in [0.1, 0.15) is 0 Å². The van der Waals surface area contributed by atoms with Gasteiger partial charge in [0.2, 0.25) is 5.91 Å². The fourth-order valence-electron chi connectivity index (χ4n) is 3.23. The van der Waals surface area contributed by atoms with Crippen LogP contribution in [-0.2, 0) is 11.2 Å². The van der Waals surface area contributed by atoms with E-state index in [-0.39, 0.29) is 5.91 Å². The molecule has 0 bridgehead atoms. The van der Waals surface area contributed by atoms with Gasteiger partial charge in [-0.3, -0.25) is 4.79 Å². The van der Waals surface area contributed by atoms with Crippen molar-refractivity contribution < 1.29 is 4.79 Å². The molecule has 1 heterocycles. The Balaban J connectivity index is 1.61. The third-order valence-corrected chi connectivity index (χ3v) is 4.28. The number of amides is 1. The molecule has 0 atom stereocenters. The zero-order valence-corrected chi connectivity index (χ0v) is 11.4. The Morgan fingerprint density at radius 1 is 1.26 bits per heavy atom. The number of rotatable bonds is 3. The second kappa shape index (κ2) is 5.64. The zero-order valence-electron chi connectivity index (χ0n) is 11.4. The second-order valence-corrected chi connectivity index (χ2v) is 5.81. The number of hydrogen-bond acceptors (Lipinski definition) is 2. The summed E-state index contributed by atoms with van der Waals surface area (Å²) in [5.74, 6) is 0.776. The van der Waals surface area contributed by atoms with Crippen molar-refractivity contribution in [2.24, 2.45) is 5.92 Å². The smallest absolute Gasteiger partial charge is 0.224 e. The Morgan fingerprint density at radius 2 is 2.11 bits per heavy atom. The van der Waals surface area contributed by atoms with Crippen molar-refractivity contribution >= 4 is 17.3 Å². The minimum absolute atomic E-state index is 0.169. The molecule has 3 rings (SSSR count). The zero-order chi connectivity index (χ0) is 13.1. The topological polar surface area (TPSA) is 41.1 Å². The maximum Gasteiger partial charge on any atom is 0.224 e. The average Bonchev–Trinajstić information content (AvgIpc) is 2.91. The Morgan fingerprint density at radius 3 is 2.95 bits per heavy atom. The van der Waals surface area contributed by atoms with E-state index >= 15 is 0 Å². The normalized spacial score (nSPS) is 18.7. The summed E-state index contributed by atoms with van der Waals surface area (Å²) in [4.78, 5) is 12.0. The highest BCUT2D eigenvalue weighted by Crippen LogP contribution is 2.29. The van der Waals surface area contributed by atoms with Crippen LogP contribution in [0.5, 0.6) is 0 Å². The minimum atomic E-state index is 0.169. The van der Waals surface area contributed by atoms with E-state index in [4.69, 9.17) is 0 Å². The number of carbonyl (C=O) groups excluding carboxylic acids is 1. The van der Waals surface area contributed by atoms with Crippen molar-refractivity contribution in [3.05, 3.63) is 23.8 Å². The van der Waals surface area contributed by atoms with Crippen LogP contribution in [0.15, 0.2) is 18.2 Å². The van der Waals surface area contributed by atoms with Gasteiger partial charge in [0, 0.05) is 24.3 Å². The van der Waals surface area contributed by atoms with Gasteiger partial charge in [0.15, 0.2) is 0 Å². The summed E-state index contributed by atoms with van der Waals surface area (Å²) in [5, 5.41) is 6.44. The van der Waals surface area contributed by atoms with Crippen molar-refractivity contribution in [3.8, 4) is 0 Å². The maximum atomic E-state index is 12.0. The molecule has 1 aliphatic heterocycles. The average molecular weight is 258 g/mol. The van der Waals surface area contributed by atoms with Gasteiger partial charge in [-0.05, 0) is 49.3 Å². The van der Waals surface area contributed by atoms with Crippen LogP contribution in [0.3, 0.4) is 0 Å². The summed E-state index contributed by atoms with van der Waals surface area (Å²) in [6, 6.07) is 6.23. The van der Waals surface area contributed by atoms with E-state index in [0.29, 0.717) is 12.3 Å². The van der Waals surface area contributed by atoms with Crippen molar-refractivity contribution in [2.45, 2.75) is 44.9 Å². The lowest BCUT2D eigenvalue weighted by Crippen LogP contribution is -2.16. The summed E-state index contributed by atoms with van der Waals surface area (Å²) in [5.41, 5.74) is 3.47. The summed E-state index contributed by atoms with van der Waals surface area (Å²) in [7, 11) is 0. The van der Waals surface area contributed by atoms with Gasteiger partial charge in [0.25, 0.3) is 0 Å². The Bertz CT molecular complexity index is 464. The van der Waals surface area contributed by atoms with Gasteiger partial charge in [-0.25, -0.2) is 0 Å². The molecule has 1 aliphatic carbocycles. The molecule has 1 aromatic carbocycles. The highest BCUT2D eigenvalue weighted by atomic mass is 16.1. The van der Waals surface area contributed by atoms with E-state index in [0.717, 1.165) is 18.7 Å². The Hall–Kier alpha value is -1.51. The highest BCUT2D eigenvalue weighted by molar-refractivity contribution is 5.91. The molecule has 1 aromatic rings. The van der Waals surface area contributed by atoms with Crippen LogP contribution in [0.2, 0.25) is 0 Å². The Kier molecular flexibility index (Phi) is 3.72. The van der Waals surface area contributed by atoms with Gasteiger partial charge in [0.05, 0.1) is 0 Å². The van der Waals surface area contributed by atoms with Crippen LogP contribution in [0.4, 0.5) is 11.4 Å². The number of anilines is 2. The number of benzene rings is 1. The molecule has 3 nitrogen and oxygen atoms in total. The van der Waals surface area contributed by atoms with Gasteiger partial charge in [-0.15, -0.1) is 0 Å². The molecule has 2 aliphatic rings. The van der Waals surface area contributed by atoms with Crippen LogP contribution in [-0.4, -0.2) is 12.5 Å². The largest absolute Gasteiger partial charge is 0.385 e. The van der Waals surface area contributed by atoms with Crippen molar-refractivity contribution in [2.75, 3.05) is 17.2 Å². The lowest BCUT2D eigenvalue weighted by Gasteiger charge is -2.19. The van der Waals surface area contributed by atoms with E-state index in [1.54, 1.807) is 0 Å². The SMILES string of the molecule is O=C(CC1CCCC1)Nc1ccc2c(c1)NCCC2. The number of hydrogen-bond donors (Lipinski definition) is 2. The number of nitrogens with one attached hydrogen (secondary N) is 2. The van der Waals surface area contributed by atoms with Crippen LogP contribution >= 0.6 is 0 Å². The molecule has 0 unspecified atom stereocenters. The monoisotopic (exact) mass is 258 g/mol. The first kappa shape index (κ1) is 12.5. The van der Waals surface area contributed by atoms with E-state index in [2.05, 4.69) is 22.8 Å². The van der Waals surface area contributed by atoms with Crippen LogP contribution in [0.1, 0.15) is 44.1 Å². The molecule has 0 radical (unpaired) electrons. The molecule has 1 saturated carbocycles. The third kappa shape index (κ3) is 3.09. The first-order valence-electron chi connectivity index (χ1n) is 7.48. The number of carbonyl (C=O) groups is 1. The van der Waals surface area contributed by atoms with Gasteiger partial charge in [-0.2, -0.15) is 0 Å².